The lowest BCUT2D eigenvalue weighted by atomic mass is 9.91. The first-order valence-electron chi connectivity index (χ1n) is 17.5. The number of fused-ring (bicyclic) bond motifs is 2. The lowest BCUT2D eigenvalue weighted by Gasteiger charge is -2.32. The van der Waals surface area contributed by atoms with Gasteiger partial charge in [-0.1, -0.05) is 23.7 Å². The van der Waals surface area contributed by atoms with Gasteiger partial charge in [0.05, 0.1) is 45.9 Å². The lowest BCUT2D eigenvalue weighted by Crippen LogP contribution is -2.43. The number of benzene rings is 2. The molecule has 6 heterocycles. The monoisotopic (exact) mass is 778 g/mol. The number of nitrogens with zero attached hydrogens (tertiary/aromatic N) is 6. The van der Waals surface area contributed by atoms with Crippen LogP contribution in [0.15, 0.2) is 30.5 Å². The molecular weight excluding hydrogens is 741 g/mol. The standard InChI is InChI=1S/C37H38ClF2N8O3PS/c1-19(21-6-4-10-44-33(21)42)48-12-13-50-31-27-30(29(40)26(28(31)38)22-7-8-24(39)32-25(22)23(15-41)34(43)53-32)45-36(46-35(27)48)51-18-37-9-5-11-47(37)16-20(14-37)17-52(2,3)49/h4,6-8,10,19-20H,5,9,11-14,16-18,43H2,1-3H3,(H2,42,44)/t19-,20?,37+/m1/s1. The van der Waals surface area contributed by atoms with E-state index in [4.69, 9.17) is 42.5 Å². The molecule has 0 spiro atoms. The van der Waals surface area contributed by atoms with E-state index in [2.05, 4.69) is 9.88 Å². The maximum atomic E-state index is 17.4. The van der Waals surface area contributed by atoms with Crippen molar-refractivity contribution in [2.45, 2.75) is 37.8 Å². The molecule has 4 N–H and O–H groups in total. The molecule has 3 aliphatic rings. The molecule has 0 bridgehead atoms. The van der Waals surface area contributed by atoms with Crippen LogP contribution >= 0.6 is 30.1 Å². The summed E-state index contributed by atoms with van der Waals surface area (Å²) in [5.74, 6) is -0.299. The molecule has 3 atom stereocenters. The smallest absolute Gasteiger partial charge is 0.319 e. The van der Waals surface area contributed by atoms with E-state index in [1.54, 1.807) is 12.3 Å². The highest BCUT2D eigenvalue weighted by Crippen LogP contribution is 2.52. The lowest BCUT2D eigenvalue weighted by molar-refractivity contribution is 0.107. The third-order valence-corrected chi connectivity index (χ3v) is 13.6. The number of nitrogens with two attached hydrogens (primary N) is 2. The van der Waals surface area contributed by atoms with Gasteiger partial charge in [-0.2, -0.15) is 15.2 Å². The van der Waals surface area contributed by atoms with Gasteiger partial charge < -0.3 is 30.4 Å². The van der Waals surface area contributed by atoms with Crippen molar-refractivity contribution in [3.63, 3.8) is 0 Å². The van der Waals surface area contributed by atoms with E-state index in [-0.39, 0.29) is 90.2 Å². The maximum Gasteiger partial charge on any atom is 0.319 e. The van der Waals surface area contributed by atoms with Gasteiger partial charge >= 0.3 is 6.01 Å². The Morgan fingerprint density at radius 3 is 2.79 bits per heavy atom. The number of nitrogen functional groups attached to an aromatic ring is 2. The summed E-state index contributed by atoms with van der Waals surface area (Å²) < 4.78 is 58.2. The number of halogens is 3. The fraction of sp³-hybridized carbons (Fsp3) is 0.405. The molecule has 1 unspecified atom stereocenters. The van der Waals surface area contributed by atoms with Crippen molar-refractivity contribution in [1.29, 1.82) is 5.26 Å². The highest BCUT2D eigenvalue weighted by atomic mass is 35.5. The van der Waals surface area contributed by atoms with Crippen LogP contribution in [0, 0.1) is 28.9 Å². The molecular formula is C37H38ClF2N8O3PS. The highest BCUT2D eigenvalue weighted by molar-refractivity contribution is 7.62. The Kier molecular flexibility index (Phi) is 8.92. The van der Waals surface area contributed by atoms with E-state index in [0.717, 1.165) is 49.3 Å². The molecule has 276 valence electrons. The van der Waals surface area contributed by atoms with Crippen LogP contribution in [0.4, 0.5) is 25.4 Å². The minimum absolute atomic E-state index is 0.0287. The molecule has 2 saturated heterocycles. The van der Waals surface area contributed by atoms with E-state index in [1.165, 1.54) is 12.1 Å². The predicted molar refractivity (Wildman–Crippen MR) is 206 cm³/mol. The summed E-state index contributed by atoms with van der Waals surface area (Å²) in [6.07, 6.45) is 5.03. The summed E-state index contributed by atoms with van der Waals surface area (Å²) in [5.41, 5.74) is 12.9. The van der Waals surface area contributed by atoms with E-state index < -0.39 is 18.8 Å². The van der Waals surface area contributed by atoms with E-state index in [9.17, 15) is 9.83 Å². The molecule has 2 fully saturated rings. The van der Waals surface area contributed by atoms with Crippen molar-refractivity contribution in [1.82, 2.24) is 19.9 Å². The van der Waals surface area contributed by atoms with Crippen LogP contribution in [0.5, 0.6) is 11.8 Å². The first-order valence-corrected chi connectivity index (χ1v) is 21.4. The molecule has 0 amide bonds. The Labute approximate surface area is 314 Å². The summed E-state index contributed by atoms with van der Waals surface area (Å²) >= 11 is 8.01. The zero-order valence-electron chi connectivity index (χ0n) is 29.5. The van der Waals surface area contributed by atoms with Crippen molar-refractivity contribution in [2.24, 2.45) is 5.92 Å². The Hall–Kier alpha value is -4.28. The first kappa shape index (κ1) is 35.7. The van der Waals surface area contributed by atoms with Gasteiger partial charge in [-0.05, 0) is 69.7 Å². The Morgan fingerprint density at radius 1 is 1.23 bits per heavy atom. The molecule has 11 nitrogen and oxygen atoms in total. The van der Waals surface area contributed by atoms with Gasteiger partial charge in [-0.25, -0.2) is 13.8 Å². The van der Waals surface area contributed by atoms with Gasteiger partial charge in [0.15, 0.2) is 11.6 Å². The van der Waals surface area contributed by atoms with Crippen molar-refractivity contribution < 1.29 is 22.8 Å². The maximum absolute atomic E-state index is 17.4. The zero-order valence-corrected chi connectivity index (χ0v) is 31.9. The van der Waals surface area contributed by atoms with Gasteiger partial charge in [0.25, 0.3) is 0 Å². The fourth-order valence-corrected chi connectivity index (χ4v) is 11.4. The third-order valence-electron chi connectivity index (χ3n) is 10.8. The van der Waals surface area contributed by atoms with Crippen LogP contribution < -0.4 is 25.8 Å². The summed E-state index contributed by atoms with van der Waals surface area (Å²) in [4.78, 5) is 18.3. The van der Waals surface area contributed by atoms with Gasteiger partial charge in [0, 0.05) is 35.4 Å². The van der Waals surface area contributed by atoms with Gasteiger partial charge in [-0.3, -0.25) is 4.90 Å². The molecule has 0 aliphatic carbocycles. The first-order chi connectivity index (χ1) is 25.3. The van der Waals surface area contributed by atoms with E-state index in [0.29, 0.717) is 24.3 Å². The molecule has 0 radical (unpaired) electrons. The number of hydrogen-bond acceptors (Lipinski definition) is 12. The number of anilines is 3. The largest absolute Gasteiger partial charge is 0.489 e. The summed E-state index contributed by atoms with van der Waals surface area (Å²) in [5, 5.41) is 10.4. The van der Waals surface area contributed by atoms with Crippen LogP contribution in [-0.2, 0) is 4.57 Å². The second kappa shape index (κ2) is 13.2. The minimum Gasteiger partial charge on any atom is -0.489 e. The summed E-state index contributed by atoms with van der Waals surface area (Å²) in [6, 6.07) is 7.89. The van der Waals surface area contributed by atoms with E-state index in [1.807, 2.05) is 37.3 Å². The second-order valence-electron chi connectivity index (χ2n) is 14.7. The summed E-state index contributed by atoms with van der Waals surface area (Å²) in [7, 11) is -2.23. The molecule has 53 heavy (non-hydrogen) atoms. The zero-order chi connectivity index (χ0) is 37.4. The van der Waals surface area contributed by atoms with Crippen LogP contribution in [0.3, 0.4) is 0 Å². The van der Waals surface area contributed by atoms with Crippen LogP contribution in [0.25, 0.3) is 32.1 Å². The van der Waals surface area contributed by atoms with Gasteiger partial charge in [-0.15, -0.1) is 11.3 Å². The van der Waals surface area contributed by atoms with Crippen LogP contribution in [0.1, 0.15) is 43.4 Å². The predicted octanol–water partition coefficient (Wildman–Crippen LogP) is 7.69. The molecule has 0 saturated carbocycles. The SMILES string of the molecule is C[C@H](c1cccnc1N)N1CCOc2c(Cl)c(-c3ccc(F)c4sc(N)c(C#N)c34)c(F)c3nc(OC[C@@]45CCCN4CC(CP(C)(C)=O)C5)nc1c23. The quantitative estimate of drug-likeness (QED) is 0.149. The number of hydrogen-bond donors (Lipinski definition) is 2. The Balaban J connectivity index is 1.31. The van der Waals surface area contributed by atoms with Crippen molar-refractivity contribution in [2.75, 3.05) is 68.7 Å². The van der Waals surface area contributed by atoms with Crippen molar-refractivity contribution >= 4 is 67.7 Å². The normalized spacial score (nSPS) is 20.7. The molecule has 5 aromatic rings. The second-order valence-corrected chi connectivity index (χ2v) is 19.7. The molecule has 3 aliphatic heterocycles. The number of ether oxygens (including phenoxy) is 2. The van der Waals surface area contributed by atoms with Crippen molar-refractivity contribution in [3.05, 3.63) is 58.2 Å². The molecule has 8 rings (SSSR count). The topological polar surface area (TPSA) is 157 Å². The van der Waals surface area contributed by atoms with Gasteiger partial charge in [0.1, 0.15) is 47.3 Å². The number of nitriles is 1. The highest BCUT2D eigenvalue weighted by Gasteiger charge is 2.49. The number of thiophene rings is 1. The van der Waals surface area contributed by atoms with Crippen LogP contribution in [0.2, 0.25) is 5.02 Å². The average molecular weight is 779 g/mol. The molecule has 3 aromatic heterocycles. The fourth-order valence-electron chi connectivity index (χ4n) is 8.66. The number of pyridine rings is 1. The van der Waals surface area contributed by atoms with Gasteiger partial charge in [0.2, 0.25) is 0 Å². The number of rotatable bonds is 8. The Bertz CT molecular complexity index is 2400. The van der Waals surface area contributed by atoms with E-state index >= 15 is 8.78 Å². The third kappa shape index (κ3) is 6.02. The minimum atomic E-state index is -2.23. The molecule has 2 aromatic carbocycles. The Morgan fingerprint density at radius 2 is 2.04 bits per heavy atom. The average Bonchev–Trinajstić information content (AvgIpc) is 3.71. The van der Waals surface area contributed by atoms with Crippen molar-refractivity contribution in [3.8, 4) is 29.0 Å². The number of aromatic nitrogens is 3. The van der Waals surface area contributed by atoms with Crippen LogP contribution in [-0.4, -0.2) is 77.7 Å². The summed E-state index contributed by atoms with van der Waals surface area (Å²) in [6.45, 7) is 8.10. The molecule has 16 heteroatoms.